The number of halogens is 2. The Kier molecular flexibility index (Phi) is 4.90. The van der Waals surface area contributed by atoms with Gasteiger partial charge in [0, 0.05) is 6.54 Å². The van der Waals surface area contributed by atoms with Crippen LogP contribution >= 0.6 is 0 Å². The van der Waals surface area contributed by atoms with Gasteiger partial charge in [0.05, 0.1) is 17.0 Å². The van der Waals surface area contributed by atoms with Crippen LogP contribution in [-0.2, 0) is 0 Å². The summed E-state index contributed by atoms with van der Waals surface area (Å²) in [6, 6.07) is 12.6. The highest BCUT2D eigenvalue weighted by Crippen LogP contribution is 2.19. The lowest BCUT2D eigenvalue weighted by molar-refractivity contribution is -0.0498. The number of aromatic nitrogens is 2. The van der Waals surface area contributed by atoms with Gasteiger partial charge in [-0.15, -0.1) is 0 Å². The van der Waals surface area contributed by atoms with E-state index in [1.807, 2.05) is 0 Å². The van der Waals surface area contributed by atoms with E-state index in [4.69, 9.17) is 0 Å². The first-order valence-corrected chi connectivity index (χ1v) is 7.48. The molecule has 0 aliphatic heterocycles. The summed E-state index contributed by atoms with van der Waals surface area (Å²) < 4.78 is 28.5. The van der Waals surface area contributed by atoms with E-state index in [0.29, 0.717) is 16.5 Å². The maximum Gasteiger partial charge on any atom is 0.387 e. The van der Waals surface area contributed by atoms with Gasteiger partial charge in [0.25, 0.3) is 5.56 Å². The van der Waals surface area contributed by atoms with Crippen LogP contribution in [0.15, 0.2) is 53.3 Å². The van der Waals surface area contributed by atoms with Gasteiger partial charge in [0.1, 0.15) is 5.75 Å². The zero-order chi connectivity index (χ0) is 17.8. The molecule has 3 rings (SSSR count). The molecule has 3 aromatic rings. The van der Waals surface area contributed by atoms with Crippen LogP contribution in [0.25, 0.3) is 10.9 Å². The number of aliphatic hydroxyl groups is 1. The second-order valence-corrected chi connectivity index (χ2v) is 5.28. The second kappa shape index (κ2) is 7.27. The predicted molar refractivity (Wildman–Crippen MR) is 88.9 cm³/mol. The fourth-order valence-electron chi connectivity index (χ4n) is 2.35. The van der Waals surface area contributed by atoms with Crippen LogP contribution in [0, 0.1) is 0 Å². The standard InChI is InChI=1S/C17H15F2N3O3/c18-16(19)25-11-7-5-10(6-8-11)14(23)9-20-17-21-13-4-2-1-3-12(13)15(24)22-17/h1-8,14,16,23H,9H2,(H2,20,21,22,24)/t14-/m1/s1. The van der Waals surface area contributed by atoms with Crippen molar-refractivity contribution >= 4 is 16.9 Å². The summed E-state index contributed by atoms with van der Waals surface area (Å²) in [6.07, 6.45) is -0.919. The van der Waals surface area contributed by atoms with Crippen molar-refractivity contribution < 1.29 is 18.6 Å². The van der Waals surface area contributed by atoms with Crippen LogP contribution < -0.4 is 15.6 Å². The Morgan fingerprint density at radius 2 is 1.88 bits per heavy atom. The summed E-state index contributed by atoms with van der Waals surface area (Å²) in [5, 5.41) is 13.5. The number of nitrogens with zero attached hydrogens (tertiary/aromatic N) is 1. The number of para-hydroxylation sites is 1. The fraction of sp³-hybridized carbons (Fsp3) is 0.176. The van der Waals surface area contributed by atoms with Crippen molar-refractivity contribution in [2.45, 2.75) is 12.7 Å². The molecule has 8 heteroatoms. The lowest BCUT2D eigenvalue weighted by Crippen LogP contribution is -2.17. The second-order valence-electron chi connectivity index (χ2n) is 5.28. The fourth-order valence-corrected chi connectivity index (χ4v) is 2.35. The van der Waals surface area contributed by atoms with Gasteiger partial charge in [-0.25, -0.2) is 4.98 Å². The monoisotopic (exact) mass is 347 g/mol. The highest BCUT2D eigenvalue weighted by molar-refractivity contribution is 5.78. The molecule has 0 radical (unpaired) electrons. The van der Waals surface area contributed by atoms with Crippen molar-refractivity contribution in [2.75, 3.05) is 11.9 Å². The molecule has 0 fully saturated rings. The molecule has 1 atom stereocenters. The molecule has 3 N–H and O–H groups in total. The number of benzene rings is 2. The van der Waals surface area contributed by atoms with Gasteiger partial charge < -0.3 is 15.2 Å². The summed E-state index contributed by atoms with van der Waals surface area (Å²) in [6.45, 7) is -2.82. The van der Waals surface area contributed by atoms with Crippen LogP contribution in [0.5, 0.6) is 5.75 Å². The first-order valence-electron chi connectivity index (χ1n) is 7.48. The van der Waals surface area contributed by atoms with Gasteiger partial charge in [0.2, 0.25) is 5.95 Å². The van der Waals surface area contributed by atoms with E-state index in [9.17, 15) is 18.7 Å². The molecule has 0 spiro atoms. The van der Waals surface area contributed by atoms with Crippen LogP contribution in [0.3, 0.4) is 0 Å². The largest absolute Gasteiger partial charge is 0.435 e. The van der Waals surface area contributed by atoms with Gasteiger partial charge in [-0.1, -0.05) is 24.3 Å². The van der Waals surface area contributed by atoms with Crippen molar-refractivity contribution in [3.8, 4) is 5.75 Å². The third-order valence-corrected chi connectivity index (χ3v) is 3.57. The Morgan fingerprint density at radius 1 is 1.16 bits per heavy atom. The minimum Gasteiger partial charge on any atom is -0.435 e. The lowest BCUT2D eigenvalue weighted by atomic mass is 10.1. The molecule has 6 nitrogen and oxygen atoms in total. The number of aromatic amines is 1. The summed E-state index contributed by atoms with van der Waals surface area (Å²) in [5.74, 6) is 0.250. The summed E-state index contributed by atoms with van der Waals surface area (Å²) >= 11 is 0. The minimum atomic E-state index is -2.90. The Bertz CT molecular complexity index is 913. The number of ether oxygens (including phenoxy) is 1. The number of aliphatic hydroxyl groups excluding tert-OH is 1. The molecule has 0 aliphatic rings. The number of anilines is 1. The van der Waals surface area contributed by atoms with E-state index in [1.165, 1.54) is 24.3 Å². The SMILES string of the molecule is O=c1[nH]c(NC[C@@H](O)c2ccc(OC(F)F)cc2)nc2ccccc12. The van der Waals surface area contributed by atoms with Crippen molar-refractivity contribution in [1.29, 1.82) is 0 Å². The first kappa shape index (κ1) is 16.8. The van der Waals surface area contributed by atoms with Gasteiger partial charge in [-0.3, -0.25) is 9.78 Å². The van der Waals surface area contributed by atoms with Crippen molar-refractivity contribution in [2.24, 2.45) is 0 Å². The van der Waals surface area contributed by atoms with Crippen LogP contribution in [0.4, 0.5) is 14.7 Å². The summed E-state index contributed by atoms with van der Waals surface area (Å²) in [5.41, 5.74) is 0.769. The maximum absolute atomic E-state index is 12.1. The van der Waals surface area contributed by atoms with E-state index in [1.54, 1.807) is 24.3 Å². The number of alkyl halides is 2. The maximum atomic E-state index is 12.1. The Hall–Kier alpha value is -3.00. The third-order valence-electron chi connectivity index (χ3n) is 3.57. The Balaban J connectivity index is 1.67. The molecule has 1 heterocycles. The molecule has 0 unspecified atom stereocenters. The van der Waals surface area contributed by atoms with Gasteiger partial charge in [0.15, 0.2) is 0 Å². The molecule has 0 saturated carbocycles. The molecule has 25 heavy (non-hydrogen) atoms. The zero-order valence-corrected chi connectivity index (χ0v) is 12.9. The number of H-pyrrole nitrogens is 1. The highest BCUT2D eigenvalue weighted by atomic mass is 19.3. The number of fused-ring (bicyclic) bond motifs is 1. The first-order chi connectivity index (χ1) is 12.0. The number of nitrogens with one attached hydrogen (secondary N) is 2. The Morgan fingerprint density at radius 3 is 2.60 bits per heavy atom. The molecule has 0 aliphatic carbocycles. The minimum absolute atomic E-state index is 0.0134. The van der Waals surface area contributed by atoms with Gasteiger partial charge >= 0.3 is 6.61 Å². The third kappa shape index (κ3) is 4.10. The zero-order valence-electron chi connectivity index (χ0n) is 12.9. The van der Waals surface area contributed by atoms with Crippen molar-refractivity contribution in [1.82, 2.24) is 9.97 Å². The molecular formula is C17H15F2N3O3. The lowest BCUT2D eigenvalue weighted by Gasteiger charge is -2.13. The normalized spacial score (nSPS) is 12.3. The number of rotatable bonds is 6. The van der Waals surface area contributed by atoms with Crippen LogP contribution in [-0.4, -0.2) is 28.2 Å². The van der Waals surface area contributed by atoms with E-state index in [0.717, 1.165) is 0 Å². The number of hydrogen-bond acceptors (Lipinski definition) is 5. The van der Waals surface area contributed by atoms with Gasteiger partial charge in [-0.2, -0.15) is 8.78 Å². The summed E-state index contributed by atoms with van der Waals surface area (Å²) in [7, 11) is 0. The smallest absolute Gasteiger partial charge is 0.387 e. The molecule has 2 aromatic carbocycles. The molecule has 0 bridgehead atoms. The van der Waals surface area contributed by atoms with E-state index in [2.05, 4.69) is 20.0 Å². The summed E-state index contributed by atoms with van der Waals surface area (Å²) in [4.78, 5) is 18.8. The number of hydrogen-bond donors (Lipinski definition) is 3. The molecule has 130 valence electrons. The van der Waals surface area contributed by atoms with Crippen LogP contribution in [0.1, 0.15) is 11.7 Å². The molecule has 0 saturated heterocycles. The topological polar surface area (TPSA) is 87.2 Å². The van der Waals surface area contributed by atoms with E-state index >= 15 is 0 Å². The van der Waals surface area contributed by atoms with E-state index in [-0.39, 0.29) is 23.8 Å². The van der Waals surface area contributed by atoms with Gasteiger partial charge in [-0.05, 0) is 29.8 Å². The predicted octanol–water partition coefficient (Wildman–Crippen LogP) is 2.67. The average molecular weight is 347 g/mol. The highest BCUT2D eigenvalue weighted by Gasteiger charge is 2.10. The molecule has 0 amide bonds. The van der Waals surface area contributed by atoms with Crippen molar-refractivity contribution in [3.05, 3.63) is 64.4 Å². The Labute approximate surface area is 141 Å². The van der Waals surface area contributed by atoms with Crippen molar-refractivity contribution in [3.63, 3.8) is 0 Å². The van der Waals surface area contributed by atoms with E-state index < -0.39 is 12.7 Å². The molecular weight excluding hydrogens is 332 g/mol. The average Bonchev–Trinajstić information content (AvgIpc) is 2.60. The quantitative estimate of drug-likeness (QED) is 0.638. The van der Waals surface area contributed by atoms with Crippen LogP contribution in [0.2, 0.25) is 0 Å². The molecule has 1 aromatic heterocycles.